The molecule has 2 fully saturated rings. The predicted molar refractivity (Wildman–Crippen MR) is 59.0 cm³/mol. The van der Waals surface area contributed by atoms with Gasteiger partial charge in [-0.2, -0.15) is 13.2 Å². The van der Waals surface area contributed by atoms with Gasteiger partial charge in [0.2, 0.25) is 0 Å². The third-order valence-electron chi connectivity index (χ3n) is 3.79. The zero-order chi connectivity index (χ0) is 12.7. The molecule has 2 aliphatic rings. The third-order valence-corrected chi connectivity index (χ3v) is 5.90. The molecular formula is C11H17F3O2S. The summed E-state index contributed by atoms with van der Waals surface area (Å²) >= 11 is 0. The van der Waals surface area contributed by atoms with Crippen LogP contribution in [-0.4, -0.2) is 31.6 Å². The molecule has 17 heavy (non-hydrogen) atoms. The lowest BCUT2D eigenvalue weighted by atomic mass is 9.88. The molecule has 0 radical (unpaired) electrons. The fourth-order valence-corrected chi connectivity index (χ4v) is 5.23. The van der Waals surface area contributed by atoms with Crippen molar-refractivity contribution < 1.29 is 22.5 Å². The Morgan fingerprint density at radius 1 is 1.24 bits per heavy atom. The van der Waals surface area contributed by atoms with E-state index in [2.05, 4.69) is 0 Å². The minimum Gasteiger partial charge on any atom is -0.390 e. The van der Waals surface area contributed by atoms with Gasteiger partial charge >= 0.3 is 6.18 Å². The summed E-state index contributed by atoms with van der Waals surface area (Å²) in [6.07, 6.45) is -2.33. The summed E-state index contributed by atoms with van der Waals surface area (Å²) < 4.78 is 47.8. The van der Waals surface area contributed by atoms with Crippen molar-refractivity contribution in [2.24, 2.45) is 0 Å². The molecule has 0 spiro atoms. The van der Waals surface area contributed by atoms with Crippen LogP contribution in [-0.2, 0) is 10.8 Å². The average Bonchev–Trinajstić information content (AvgIpc) is 2.43. The Morgan fingerprint density at radius 3 is 2.24 bits per heavy atom. The highest BCUT2D eigenvalue weighted by Crippen LogP contribution is 2.43. The Balaban J connectivity index is 1.87. The van der Waals surface area contributed by atoms with Crippen LogP contribution >= 0.6 is 0 Å². The number of rotatable bonds is 3. The first kappa shape index (κ1) is 13.3. The second kappa shape index (κ2) is 4.53. The van der Waals surface area contributed by atoms with Gasteiger partial charge in [-0.3, -0.25) is 4.21 Å². The monoisotopic (exact) mass is 270 g/mol. The number of alkyl halides is 3. The summed E-state index contributed by atoms with van der Waals surface area (Å²) in [6.45, 7) is 0. The molecule has 0 aliphatic carbocycles. The summed E-state index contributed by atoms with van der Waals surface area (Å²) in [4.78, 5) is 0. The van der Waals surface area contributed by atoms with Gasteiger partial charge in [0.05, 0.1) is 5.60 Å². The molecule has 0 aromatic rings. The van der Waals surface area contributed by atoms with Crippen LogP contribution in [0.4, 0.5) is 13.2 Å². The summed E-state index contributed by atoms with van der Waals surface area (Å²) in [5.74, 6) is 0. The maximum atomic E-state index is 12.0. The van der Waals surface area contributed by atoms with E-state index in [9.17, 15) is 22.5 Å². The zero-order valence-corrected chi connectivity index (χ0v) is 10.3. The van der Waals surface area contributed by atoms with Crippen molar-refractivity contribution in [3.8, 4) is 0 Å². The molecule has 2 heterocycles. The van der Waals surface area contributed by atoms with E-state index >= 15 is 0 Å². The molecule has 2 atom stereocenters. The van der Waals surface area contributed by atoms with Crippen LogP contribution in [0.25, 0.3) is 0 Å². The van der Waals surface area contributed by atoms with Gasteiger partial charge < -0.3 is 5.11 Å². The molecule has 2 bridgehead atoms. The van der Waals surface area contributed by atoms with Crippen molar-refractivity contribution in [3.63, 3.8) is 0 Å². The van der Waals surface area contributed by atoms with Crippen molar-refractivity contribution in [1.82, 2.24) is 0 Å². The summed E-state index contributed by atoms with van der Waals surface area (Å²) in [7, 11) is -0.870. The average molecular weight is 270 g/mol. The summed E-state index contributed by atoms with van der Waals surface area (Å²) in [5.41, 5.74) is -1.01. The Hall–Kier alpha value is -0.100. The summed E-state index contributed by atoms with van der Waals surface area (Å²) in [6, 6.07) is 0. The molecule has 2 nitrogen and oxygen atoms in total. The first-order valence-electron chi connectivity index (χ1n) is 5.98. The zero-order valence-electron chi connectivity index (χ0n) is 9.50. The quantitative estimate of drug-likeness (QED) is 0.855. The van der Waals surface area contributed by atoms with E-state index in [0.717, 1.165) is 12.8 Å². The molecule has 0 aromatic carbocycles. The van der Waals surface area contributed by atoms with Crippen LogP contribution < -0.4 is 0 Å². The normalized spacial score (nSPS) is 41.8. The Kier molecular flexibility index (Phi) is 3.56. The Morgan fingerprint density at radius 2 is 1.76 bits per heavy atom. The fourth-order valence-electron chi connectivity index (χ4n) is 3.00. The molecule has 1 N–H and O–H groups in total. The number of aliphatic hydroxyl groups is 1. The first-order valence-corrected chi connectivity index (χ1v) is 7.25. The predicted octanol–water partition coefficient (Wildman–Crippen LogP) is 2.52. The van der Waals surface area contributed by atoms with E-state index in [0.29, 0.717) is 12.8 Å². The number of hydrogen-bond acceptors (Lipinski definition) is 2. The molecule has 2 aliphatic heterocycles. The van der Waals surface area contributed by atoms with Gasteiger partial charge in [-0.05, 0) is 38.5 Å². The standard InChI is InChI=1S/C11H17F3O2S/c12-11(13,14)5-1-4-10(15)6-8-2-3-9(7-10)17(8)16/h8-9,15H,1-7H2. The second-order valence-corrected chi connectivity index (χ2v) is 7.24. The van der Waals surface area contributed by atoms with Crippen LogP contribution in [0, 0.1) is 0 Å². The van der Waals surface area contributed by atoms with Gasteiger partial charge in [-0.25, -0.2) is 0 Å². The molecule has 0 aromatic heterocycles. The maximum absolute atomic E-state index is 12.0. The van der Waals surface area contributed by atoms with E-state index in [1.54, 1.807) is 0 Å². The molecule has 0 saturated carbocycles. The smallest absolute Gasteiger partial charge is 0.389 e. The SMILES string of the molecule is O=S1C2CCC1CC(O)(CCCC(F)(F)F)C2. The van der Waals surface area contributed by atoms with E-state index in [1.165, 1.54) is 0 Å². The van der Waals surface area contributed by atoms with Crippen molar-refractivity contribution in [1.29, 1.82) is 0 Å². The van der Waals surface area contributed by atoms with Gasteiger partial charge in [0.15, 0.2) is 0 Å². The number of hydrogen-bond donors (Lipinski definition) is 1. The van der Waals surface area contributed by atoms with Gasteiger partial charge in [-0.15, -0.1) is 0 Å². The van der Waals surface area contributed by atoms with Crippen molar-refractivity contribution in [2.45, 2.75) is 67.2 Å². The molecular weight excluding hydrogens is 253 g/mol. The summed E-state index contributed by atoms with van der Waals surface area (Å²) in [5, 5.41) is 10.3. The molecule has 100 valence electrons. The first-order chi connectivity index (χ1) is 7.79. The topological polar surface area (TPSA) is 37.3 Å². The van der Waals surface area contributed by atoms with Gasteiger partial charge in [-0.1, -0.05) is 0 Å². The van der Waals surface area contributed by atoms with Crippen LogP contribution in [0.1, 0.15) is 44.9 Å². The molecule has 0 amide bonds. The third kappa shape index (κ3) is 3.22. The lowest BCUT2D eigenvalue weighted by molar-refractivity contribution is -0.138. The van der Waals surface area contributed by atoms with Crippen molar-refractivity contribution in [3.05, 3.63) is 0 Å². The minimum absolute atomic E-state index is 0.00429. The highest BCUT2D eigenvalue weighted by Gasteiger charge is 2.47. The van der Waals surface area contributed by atoms with Crippen LogP contribution in [0.15, 0.2) is 0 Å². The van der Waals surface area contributed by atoms with Crippen molar-refractivity contribution >= 4 is 10.8 Å². The molecule has 2 rings (SSSR count). The largest absolute Gasteiger partial charge is 0.390 e. The fraction of sp³-hybridized carbons (Fsp3) is 1.00. The maximum Gasteiger partial charge on any atom is 0.389 e. The van der Waals surface area contributed by atoms with Gasteiger partial charge in [0.1, 0.15) is 0 Å². The van der Waals surface area contributed by atoms with Crippen molar-refractivity contribution in [2.75, 3.05) is 0 Å². The number of halogens is 3. The van der Waals surface area contributed by atoms with Crippen LogP contribution in [0.5, 0.6) is 0 Å². The number of fused-ring (bicyclic) bond motifs is 2. The molecule has 6 heteroatoms. The van der Waals surface area contributed by atoms with E-state index in [1.807, 2.05) is 0 Å². The van der Waals surface area contributed by atoms with Gasteiger partial charge in [0.25, 0.3) is 0 Å². The highest BCUT2D eigenvalue weighted by atomic mass is 32.2. The minimum atomic E-state index is -4.15. The lowest BCUT2D eigenvalue weighted by Gasteiger charge is -2.36. The van der Waals surface area contributed by atoms with E-state index in [4.69, 9.17) is 0 Å². The Labute approximate surface area is 101 Å². The molecule has 2 saturated heterocycles. The molecule has 2 unspecified atom stereocenters. The van der Waals surface area contributed by atoms with Crippen LogP contribution in [0.3, 0.4) is 0 Å². The lowest BCUT2D eigenvalue weighted by Crippen LogP contribution is -2.42. The van der Waals surface area contributed by atoms with Gasteiger partial charge in [0, 0.05) is 27.7 Å². The van der Waals surface area contributed by atoms with Crippen LogP contribution in [0.2, 0.25) is 0 Å². The van der Waals surface area contributed by atoms with E-state index in [-0.39, 0.29) is 23.3 Å². The second-order valence-electron chi connectivity index (χ2n) is 5.25. The Bertz CT molecular complexity index is 300. The van der Waals surface area contributed by atoms with E-state index < -0.39 is 29.0 Å². The highest BCUT2D eigenvalue weighted by molar-refractivity contribution is 7.86.